The number of hydrogen-bond donors (Lipinski definition) is 0. The molecule has 2 heterocycles. The van der Waals surface area contributed by atoms with Crippen LogP contribution in [-0.2, 0) is 6.42 Å². The Morgan fingerprint density at radius 1 is 1.08 bits per heavy atom. The van der Waals surface area contributed by atoms with Crippen LogP contribution in [0.2, 0.25) is 0 Å². The molecule has 0 saturated carbocycles. The van der Waals surface area contributed by atoms with Gasteiger partial charge in [-0.3, -0.25) is 4.98 Å². The second-order valence-electron chi connectivity index (χ2n) is 2.47. The van der Waals surface area contributed by atoms with Gasteiger partial charge in [0.15, 0.2) is 0 Å². The van der Waals surface area contributed by atoms with Crippen LogP contribution >= 0.6 is 0 Å². The highest BCUT2D eigenvalue weighted by molar-refractivity contribution is 5.71. The lowest BCUT2D eigenvalue weighted by Crippen LogP contribution is -1.92. The molecule has 0 N–H and O–H groups in total. The number of aryl methyl sites for hydroxylation is 1. The molecule has 0 atom stereocenters. The molecule has 60 valence electrons. The van der Waals surface area contributed by atoms with Crippen LogP contribution in [0.4, 0.5) is 0 Å². The number of rotatable bonds is 1. The molecular formula is C8H8N4. The Bertz CT molecular complexity index is 399. The highest BCUT2D eigenvalue weighted by Crippen LogP contribution is 2.05. The normalized spacial score (nSPS) is 10.4. The SMILES string of the molecule is CCc1cnc2cnncc2n1. The topological polar surface area (TPSA) is 51.6 Å². The zero-order valence-corrected chi connectivity index (χ0v) is 6.73. The molecule has 0 fully saturated rings. The molecule has 0 saturated heterocycles. The quantitative estimate of drug-likeness (QED) is 0.624. The van der Waals surface area contributed by atoms with Gasteiger partial charge in [0.2, 0.25) is 0 Å². The van der Waals surface area contributed by atoms with Gasteiger partial charge >= 0.3 is 0 Å². The standard InChI is InChI=1S/C8H8N4/c1-2-6-3-9-7-4-10-11-5-8(7)12-6/h3-5H,2H2,1H3. The van der Waals surface area contributed by atoms with Gasteiger partial charge in [-0.15, -0.1) is 0 Å². The fraction of sp³-hybridized carbons (Fsp3) is 0.250. The maximum absolute atomic E-state index is 4.33. The Balaban J connectivity index is 2.67. The monoisotopic (exact) mass is 160 g/mol. The van der Waals surface area contributed by atoms with Crippen LogP contribution in [0.1, 0.15) is 12.6 Å². The lowest BCUT2D eigenvalue weighted by molar-refractivity contribution is 0.997. The van der Waals surface area contributed by atoms with Crippen molar-refractivity contribution in [2.24, 2.45) is 0 Å². The third kappa shape index (κ3) is 1.11. The van der Waals surface area contributed by atoms with Crippen LogP contribution in [0.3, 0.4) is 0 Å². The number of hydrogen-bond acceptors (Lipinski definition) is 4. The van der Waals surface area contributed by atoms with Crippen molar-refractivity contribution in [2.45, 2.75) is 13.3 Å². The first-order valence-corrected chi connectivity index (χ1v) is 3.82. The summed E-state index contributed by atoms with van der Waals surface area (Å²) in [7, 11) is 0. The minimum absolute atomic E-state index is 0.794. The fourth-order valence-electron chi connectivity index (χ4n) is 0.992. The molecule has 0 unspecified atom stereocenters. The number of nitrogens with zero attached hydrogens (tertiary/aromatic N) is 4. The van der Waals surface area contributed by atoms with E-state index in [1.165, 1.54) is 0 Å². The average Bonchev–Trinajstić information content (AvgIpc) is 2.17. The smallest absolute Gasteiger partial charge is 0.111 e. The molecule has 0 amide bonds. The molecular weight excluding hydrogens is 152 g/mol. The summed E-state index contributed by atoms with van der Waals surface area (Å²) < 4.78 is 0. The summed E-state index contributed by atoms with van der Waals surface area (Å²) in [4.78, 5) is 8.52. The highest BCUT2D eigenvalue weighted by Gasteiger charge is 1.96. The van der Waals surface area contributed by atoms with Crippen molar-refractivity contribution in [1.29, 1.82) is 0 Å². The van der Waals surface area contributed by atoms with Crippen LogP contribution < -0.4 is 0 Å². The van der Waals surface area contributed by atoms with Gasteiger partial charge in [0, 0.05) is 6.20 Å². The van der Waals surface area contributed by atoms with Gasteiger partial charge in [-0.2, -0.15) is 10.2 Å². The summed E-state index contributed by atoms with van der Waals surface area (Å²) in [6.07, 6.45) is 5.90. The zero-order valence-electron chi connectivity index (χ0n) is 6.73. The Morgan fingerprint density at radius 3 is 2.58 bits per heavy atom. The van der Waals surface area contributed by atoms with E-state index in [-0.39, 0.29) is 0 Å². The predicted molar refractivity (Wildman–Crippen MR) is 44.5 cm³/mol. The first-order valence-electron chi connectivity index (χ1n) is 3.82. The molecule has 4 heteroatoms. The van der Waals surface area contributed by atoms with Crippen LogP contribution in [0, 0.1) is 0 Å². The van der Waals surface area contributed by atoms with Crippen molar-refractivity contribution in [2.75, 3.05) is 0 Å². The zero-order chi connectivity index (χ0) is 8.39. The molecule has 0 aliphatic rings. The second kappa shape index (κ2) is 2.81. The summed E-state index contributed by atoms with van der Waals surface area (Å²) in [5.74, 6) is 0. The van der Waals surface area contributed by atoms with Crippen LogP contribution in [0.15, 0.2) is 18.6 Å². The molecule has 2 aromatic rings. The molecule has 4 nitrogen and oxygen atoms in total. The first-order chi connectivity index (χ1) is 5.90. The van der Waals surface area contributed by atoms with Crippen molar-refractivity contribution < 1.29 is 0 Å². The Hall–Kier alpha value is -1.58. The van der Waals surface area contributed by atoms with E-state index in [9.17, 15) is 0 Å². The van der Waals surface area contributed by atoms with Crippen LogP contribution in [0.5, 0.6) is 0 Å². The van der Waals surface area contributed by atoms with Gasteiger partial charge in [0.25, 0.3) is 0 Å². The lowest BCUT2D eigenvalue weighted by atomic mass is 10.3. The fourth-order valence-corrected chi connectivity index (χ4v) is 0.992. The van der Waals surface area contributed by atoms with Gasteiger partial charge in [-0.1, -0.05) is 6.92 Å². The van der Waals surface area contributed by atoms with E-state index in [0.29, 0.717) is 0 Å². The third-order valence-electron chi connectivity index (χ3n) is 1.67. The largest absolute Gasteiger partial charge is 0.251 e. The molecule has 2 rings (SSSR count). The molecule has 0 radical (unpaired) electrons. The van der Waals surface area contributed by atoms with Crippen molar-refractivity contribution in [3.8, 4) is 0 Å². The average molecular weight is 160 g/mol. The van der Waals surface area contributed by atoms with E-state index in [1.807, 2.05) is 6.92 Å². The summed E-state index contributed by atoms with van der Waals surface area (Å²) in [5.41, 5.74) is 2.59. The molecule has 0 spiro atoms. The van der Waals surface area contributed by atoms with E-state index in [2.05, 4.69) is 20.2 Å². The highest BCUT2D eigenvalue weighted by atomic mass is 15.1. The van der Waals surface area contributed by atoms with E-state index in [1.54, 1.807) is 18.6 Å². The predicted octanol–water partition coefficient (Wildman–Crippen LogP) is 0.982. The maximum atomic E-state index is 4.33. The summed E-state index contributed by atoms with van der Waals surface area (Å²) in [6, 6.07) is 0. The van der Waals surface area contributed by atoms with E-state index in [4.69, 9.17) is 0 Å². The van der Waals surface area contributed by atoms with Crippen molar-refractivity contribution in [3.63, 3.8) is 0 Å². The first kappa shape index (κ1) is 7.09. The second-order valence-corrected chi connectivity index (χ2v) is 2.47. The Morgan fingerprint density at radius 2 is 1.83 bits per heavy atom. The van der Waals surface area contributed by atoms with Crippen molar-refractivity contribution in [3.05, 3.63) is 24.3 Å². The molecule has 0 aliphatic heterocycles. The molecule has 0 aliphatic carbocycles. The molecule has 0 bridgehead atoms. The number of fused-ring (bicyclic) bond motifs is 1. The Labute approximate surface area is 69.7 Å². The minimum atomic E-state index is 0.794. The summed E-state index contributed by atoms with van der Waals surface area (Å²) >= 11 is 0. The van der Waals surface area contributed by atoms with Gasteiger partial charge in [-0.05, 0) is 6.42 Å². The Kier molecular flexibility index (Phi) is 1.66. The van der Waals surface area contributed by atoms with E-state index in [0.717, 1.165) is 23.1 Å². The molecule has 0 aromatic carbocycles. The van der Waals surface area contributed by atoms with E-state index < -0.39 is 0 Å². The van der Waals surface area contributed by atoms with Gasteiger partial charge in [0.05, 0.1) is 18.1 Å². The summed E-state index contributed by atoms with van der Waals surface area (Å²) in [5, 5.41) is 7.45. The van der Waals surface area contributed by atoms with Crippen molar-refractivity contribution >= 4 is 11.0 Å². The molecule has 12 heavy (non-hydrogen) atoms. The maximum Gasteiger partial charge on any atom is 0.111 e. The van der Waals surface area contributed by atoms with E-state index >= 15 is 0 Å². The number of aromatic nitrogens is 4. The minimum Gasteiger partial charge on any atom is -0.251 e. The lowest BCUT2D eigenvalue weighted by Gasteiger charge is -1.96. The van der Waals surface area contributed by atoms with Gasteiger partial charge in [0.1, 0.15) is 11.0 Å². The van der Waals surface area contributed by atoms with Gasteiger partial charge in [-0.25, -0.2) is 4.98 Å². The van der Waals surface area contributed by atoms with Gasteiger partial charge < -0.3 is 0 Å². The van der Waals surface area contributed by atoms with Crippen LogP contribution in [-0.4, -0.2) is 20.2 Å². The van der Waals surface area contributed by atoms with Crippen molar-refractivity contribution in [1.82, 2.24) is 20.2 Å². The molecule has 2 aromatic heterocycles. The van der Waals surface area contributed by atoms with Crippen LogP contribution in [0.25, 0.3) is 11.0 Å². The summed E-state index contributed by atoms with van der Waals surface area (Å²) in [6.45, 7) is 2.05. The third-order valence-corrected chi connectivity index (χ3v) is 1.67.